The fourth-order valence-corrected chi connectivity index (χ4v) is 2.83. The lowest BCUT2D eigenvalue weighted by Gasteiger charge is -2.19. The second-order valence-corrected chi connectivity index (χ2v) is 7.37. The molecule has 2 aromatic carbocycles. The Bertz CT molecular complexity index is 1070. The largest absolute Gasteiger partial charge is 0.443 e. The van der Waals surface area contributed by atoms with Crippen LogP contribution in [0, 0.1) is 0 Å². The number of benzene rings is 2. The lowest BCUT2D eigenvalue weighted by molar-refractivity contribution is -0.137. The summed E-state index contributed by atoms with van der Waals surface area (Å²) in [5.74, 6) is 0. The second kappa shape index (κ2) is 6.85. The average Bonchev–Trinajstić information content (AvgIpc) is 2.85. The van der Waals surface area contributed by atoms with Gasteiger partial charge in [-0.05, 0) is 44.5 Å². The maximum Gasteiger partial charge on any atom is 0.423 e. The summed E-state index contributed by atoms with van der Waals surface area (Å²) in [6, 6.07) is 11.6. The Morgan fingerprint density at radius 2 is 1.64 bits per heavy atom. The summed E-state index contributed by atoms with van der Waals surface area (Å²) in [4.78, 5) is 25.5. The van der Waals surface area contributed by atoms with Gasteiger partial charge in [0.1, 0.15) is 5.60 Å². The maximum atomic E-state index is 13.2. The molecule has 5 nitrogen and oxygen atoms in total. The van der Waals surface area contributed by atoms with Gasteiger partial charge in [0, 0.05) is 0 Å². The van der Waals surface area contributed by atoms with Crippen LogP contribution in [0.1, 0.15) is 31.9 Å². The van der Waals surface area contributed by atoms with Crippen LogP contribution in [-0.2, 0) is 17.5 Å². The molecule has 0 radical (unpaired) electrons. The van der Waals surface area contributed by atoms with Crippen molar-refractivity contribution < 1.29 is 22.7 Å². The number of hydrogen-bond donors (Lipinski definition) is 0. The van der Waals surface area contributed by atoms with E-state index < -0.39 is 29.1 Å². The van der Waals surface area contributed by atoms with Crippen molar-refractivity contribution >= 4 is 17.1 Å². The summed E-state index contributed by atoms with van der Waals surface area (Å²) in [6.07, 6.45) is -5.51. The highest BCUT2D eigenvalue weighted by Gasteiger charge is 2.32. The van der Waals surface area contributed by atoms with Crippen molar-refractivity contribution in [3.63, 3.8) is 0 Å². The minimum absolute atomic E-state index is 0.00883. The fourth-order valence-electron chi connectivity index (χ4n) is 2.83. The highest BCUT2D eigenvalue weighted by molar-refractivity contribution is 5.87. The molecule has 148 valence electrons. The number of ether oxygens (including phenoxy) is 1. The molecule has 3 aromatic rings. The number of halogens is 3. The minimum Gasteiger partial charge on any atom is -0.443 e. The first kappa shape index (κ1) is 19.7. The van der Waals surface area contributed by atoms with Gasteiger partial charge >= 0.3 is 18.0 Å². The lowest BCUT2D eigenvalue weighted by Crippen LogP contribution is -2.34. The van der Waals surface area contributed by atoms with E-state index in [4.69, 9.17) is 4.74 Å². The highest BCUT2D eigenvalue weighted by atomic mass is 19.4. The van der Waals surface area contributed by atoms with Crippen LogP contribution in [0.4, 0.5) is 18.0 Å². The molecule has 28 heavy (non-hydrogen) atoms. The molecule has 0 aliphatic carbocycles. The van der Waals surface area contributed by atoms with Crippen molar-refractivity contribution in [2.75, 3.05) is 0 Å². The molecule has 0 aliphatic rings. The number of imidazole rings is 1. The van der Waals surface area contributed by atoms with Crippen LogP contribution in [0.5, 0.6) is 0 Å². The van der Waals surface area contributed by atoms with E-state index in [2.05, 4.69) is 0 Å². The van der Waals surface area contributed by atoms with Crippen molar-refractivity contribution in [2.24, 2.45) is 0 Å². The molecule has 1 aromatic heterocycles. The number of alkyl halides is 3. The van der Waals surface area contributed by atoms with E-state index in [9.17, 15) is 22.8 Å². The zero-order valence-corrected chi connectivity index (χ0v) is 15.6. The van der Waals surface area contributed by atoms with E-state index in [-0.39, 0.29) is 17.6 Å². The predicted octanol–water partition coefficient (Wildman–Crippen LogP) is 4.65. The van der Waals surface area contributed by atoms with Gasteiger partial charge in [-0.15, -0.1) is 0 Å². The topological polar surface area (TPSA) is 53.2 Å². The number of nitrogens with zero attached hydrogens (tertiary/aromatic N) is 2. The number of rotatable bonds is 2. The normalized spacial score (nSPS) is 12.4. The maximum absolute atomic E-state index is 13.2. The van der Waals surface area contributed by atoms with E-state index in [0.717, 1.165) is 27.3 Å². The van der Waals surface area contributed by atoms with Crippen molar-refractivity contribution in [2.45, 2.75) is 39.1 Å². The molecule has 0 fully saturated rings. The Hall–Kier alpha value is -3.03. The van der Waals surface area contributed by atoms with Crippen molar-refractivity contribution in [3.05, 3.63) is 70.1 Å². The molecule has 0 aliphatic heterocycles. The Kier molecular flexibility index (Phi) is 4.82. The van der Waals surface area contributed by atoms with Gasteiger partial charge in [0.2, 0.25) is 0 Å². The molecule has 0 saturated heterocycles. The van der Waals surface area contributed by atoms with Gasteiger partial charge in [0.05, 0.1) is 23.1 Å². The third kappa shape index (κ3) is 3.95. The molecule has 0 unspecified atom stereocenters. The van der Waals surface area contributed by atoms with Gasteiger partial charge in [-0.1, -0.05) is 30.3 Å². The highest BCUT2D eigenvalue weighted by Crippen LogP contribution is 2.31. The van der Waals surface area contributed by atoms with Crippen LogP contribution in [0.25, 0.3) is 11.0 Å². The van der Waals surface area contributed by atoms with Gasteiger partial charge < -0.3 is 4.74 Å². The van der Waals surface area contributed by atoms with Gasteiger partial charge in [0.15, 0.2) is 0 Å². The molecule has 3 rings (SSSR count). The number of aromatic nitrogens is 2. The van der Waals surface area contributed by atoms with E-state index in [1.165, 1.54) is 0 Å². The molecule has 0 saturated carbocycles. The number of fused-ring (bicyclic) bond motifs is 1. The zero-order valence-electron chi connectivity index (χ0n) is 15.6. The predicted molar refractivity (Wildman–Crippen MR) is 98.4 cm³/mol. The van der Waals surface area contributed by atoms with Crippen molar-refractivity contribution in [1.82, 2.24) is 9.13 Å². The fraction of sp³-hybridized carbons (Fsp3) is 0.300. The van der Waals surface area contributed by atoms with Crippen LogP contribution < -0.4 is 5.69 Å². The summed E-state index contributed by atoms with van der Waals surface area (Å²) in [5, 5.41) is 0. The van der Waals surface area contributed by atoms with Gasteiger partial charge in [-0.25, -0.2) is 9.59 Å². The SMILES string of the molecule is CC(C)(C)OC(=O)n1c(=O)n(Cc2ccccc2)c2cc(C(F)(F)F)ccc21. The Morgan fingerprint density at radius 3 is 2.21 bits per heavy atom. The molecule has 0 amide bonds. The minimum atomic E-state index is -4.57. The Labute approximate surface area is 159 Å². The summed E-state index contributed by atoms with van der Waals surface area (Å²) in [6.45, 7) is 4.94. The first-order valence-corrected chi connectivity index (χ1v) is 8.57. The quantitative estimate of drug-likeness (QED) is 0.638. The standard InChI is InChI=1S/C20H19F3N2O3/c1-19(2,3)28-18(27)25-15-10-9-14(20(21,22)23)11-16(15)24(17(25)26)12-13-7-5-4-6-8-13/h4-11H,12H2,1-3H3. The lowest BCUT2D eigenvalue weighted by atomic mass is 10.2. The van der Waals surface area contributed by atoms with E-state index in [1.807, 2.05) is 0 Å². The van der Waals surface area contributed by atoms with Gasteiger partial charge in [-0.2, -0.15) is 17.7 Å². The third-order valence-corrected chi connectivity index (χ3v) is 4.02. The molecule has 0 bridgehead atoms. The molecule has 8 heteroatoms. The summed E-state index contributed by atoms with van der Waals surface area (Å²) in [5.41, 5.74) is -1.74. The zero-order chi connectivity index (χ0) is 20.7. The number of hydrogen-bond acceptors (Lipinski definition) is 3. The summed E-state index contributed by atoms with van der Waals surface area (Å²) < 4.78 is 46.7. The van der Waals surface area contributed by atoms with Crippen LogP contribution in [0.2, 0.25) is 0 Å². The van der Waals surface area contributed by atoms with E-state index in [1.54, 1.807) is 51.1 Å². The second-order valence-electron chi connectivity index (χ2n) is 7.37. The van der Waals surface area contributed by atoms with Gasteiger partial charge in [-0.3, -0.25) is 4.57 Å². The van der Waals surface area contributed by atoms with E-state index in [0.29, 0.717) is 5.56 Å². The smallest absolute Gasteiger partial charge is 0.423 e. The van der Waals surface area contributed by atoms with Gasteiger partial charge in [0.25, 0.3) is 0 Å². The van der Waals surface area contributed by atoms with Crippen molar-refractivity contribution in [3.8, 4) is 0 Å². The third-order valence-electron chi connectivity index (χ3n) is 4.02. The number of carbonyl (C=O) groups excluding carboxylic acids is 1. The van der Waals surface area contributed by atoms with E-state index >= 15 is 0 Å². The average molecular weight is 392 g/mol. The first-order valence-electron chi connectivity index (χ1n) is 8.57. The van der Waals surface area contributed by atoms with Crippen LogP contribution in [0.3, 0.4) is 0 Å². The van der Waals surface area contributed by atoms with Crippen LogP contribution in [-0.4, -0.2) is 20.8 Å². The van der Waals surface area contributed by atoms with Crippen LogP contribution in [0.15, 0.2) is 53.3 Å². The number of carbonyl (C=O) groups is 1. The van der Waals surface area contributed by atoms with Crippen LogP contribution >= 0.6 is 0 Å². The monoisotopic (exact) mass is 392 g/mol. The molecule has 0 atom stereocenters. The molecule has 0 N–H and O–H groups in total. The Morgan fingerprint density at radius 1 is 1.00 bits per heavy atom. The molecular weight excluding hydrogens is 373 g/mol. The molecular formula is C20H19F3N2O3. The molecule has 0 spiro atoms. The Balaban J connectivity index is 2.23. The van der Waals surface area contributed by atoms with Crippen molar-refractivity contribution in [1.29, 1.82) is 0 Å². The molecule has 1 heterocycles. The summed E-state index contributed by atoms with van der Waals surface area (Å²) >= 11 is 0. The first-order chi connectivity index (χ1) is 13.0. The summed E-state index contributed by atoms with van der Waals surface area (Å²) in [7, 11) is 0.